The summed E-state index contributed by atoms with van der Waals surface area (Å²) >= 11 is 0. The molecule has 1 heterocycles. The SMILES string of the molecule is CCOc1ccc(NC(=O)C2CC2)cc1S(=O)(=O)N1CCCC1. The lowest BCUT2D eigenvalue weighted by Crippen LogP contribution is -2.28. The number of carbonyl (C=O) groups excluding carboxylic acids is 1. The van der Waals surface area contributed by atoms with E-state index in [2.05, 4.69) is 5.32 Å². The van der Waals surface area contributed by atoms with E-state index in [-0.39, 0.29) is 16.7 Å². The van der Waals surface area contributed by atoms with Crippen LogP contribution in [0.2, 0.25) is 0 Å². The molecule has 0 aromatic heterocycles. The van der Waals surface area contributed by atoms with Gasteiger partial charge >= 0.3 is 0 Å². The van der Waals surface area contributed by atoms with Crippen LogP contribution >= 0.6 is 0 Å². The monoisotopic (exact) mass is 338 g/mol. The summed E-state index contributed by atoms with van der Waals surface area (Å²) in [6.07, 6.45) is 3.56. The summed E-state index contributed by atoms with van der Waals surface area (Å²) < 4.78 is 32.7. The van der Waals surface area contributed by atoms with Crippen LogP contribution in [0.1, 0.15) is 32.6 Å². The van der Waals surface area contributed by atoms with Crippen molar-refractivity contribution in [2.24, 2.45) is 5.92 Å². The smallest absolute Gasteiger partial charge is 0.246 e. The van der Waals surface area contributed by atoms with E-state index in [4.69, 9.17) is 4.74 Å². The number of carbonyl (C=O) groups is 1. The third-order valence-corrected chi connectivity index (χ3v) is 6.06. The minimum atomic E-state index is -3.60. The molecule has 0 spiro atoms. The van der Waals surface area contributed by atoms with Crippen LogP contribution in [0.25, 0.3) is 0 Å². The molecule has 1 aliphatic heterocycles. The van der Waals surface area contributed by atoms with E-state index in [9.17, 15) is 13.2 Å². The summed E-state index contributed by atoms with van der Waals surface area (Å²) in [7, 11) is -3.60. The molecule has 2 aliphatic rings. The van der Waals surface area contributed by atoms with E-state index in [0.29, 0.717) is 31.1 Å². The van der Waals surface area contributed by atoms with E-state index in [1.165, 1.54) is 10.4 Å². The van der Waals surface area contributed by atoms with Crippen LogP contribution < -0.4 is 10.1 Å². The molecule has 1 saturated heterocycles. The first-order valence-electron chi connectivity index (χ1n) is 8.10. The normalized spacial score (nSPS) is 18.8. The molecule has 1 saturated carbocycles. The van der Waals surface area contributed by atoms with Gasteiger partial charge in [-0.3, -0.25) is 4.79 Å². The Labute approximate surface area is 136 Å². The molecule has 126 valence electrons. The average Bonchev–Trinajstić information content (AvgIpc) is 3.23. The van der Waals surface area contributed by atoms with Crippen molar-refractivity contribution in [1.29, 1.82) is 0 Å². The number of hydrogen-bond acceptors (Lipinski definition) is 4. The van der Waals surface area contributed by atoms with E-state index in [0.717, 1.165) is 25.7 Å². The Hall–Kier alpha value is -1.60. The van der Waals surface area contributed by atoms with Crippen LogP contribution in [0.4, 0.5) is 5.69 Å². The molecule has 0 bridgehead atoms. The predicted octanol–water partition coefficient (Wildman–Crippen LogP) is 2.22. The molecule has 0 unspecified atom stereocenters. The maximum atomic E-state index is 12.8. The van der Waals surface area contributed by atoms with Crippen LogP contribution in [0.5, 0.6) is 5.75 Å². The van der Waals surface area contributed by atoms with Crippen molar-refractivity contribution in [3.8, 4) is 5.75 Å². The maximum absolute atomic E-state index is 12.8. The molecule has 1 aliphatic carbocycles. The topological polar surface area (TPSA) is 75.7 Å². The van der Waals surface area contributed by atoms with E-state index < -0.39 is 10.0 Å². The molecule has 1 amide bonds. The Morgan fingerprint density at radius 2 is 2.00 bits per heavy atom. The Morgan fingerprint density at radius 1 is 1.30 bits per heavy atom. The van der Waals surface area contributed by atoms with Crippen LogP contribution in [-0.2, 0) is 14.8 Å². The second-order valence-electron chi connectivity index (χ2n) is 5.97. The van der Waals surface area contributed by atoms with Gasteiger partial charge in [0.25, 0.3) is 0 Å². The number of nitrogens with zero attached hydrogens (tertiary/aromatic N) is 1. The number of rotatable bonds is 6. The molecule has 1 aromatic rings. The van der Waals surface area contributed by atoms with Gasteiger partial charge in [0.05, 0.1) is 6.61 Å². The lowest BCUT2D eigenvalue weighted by molar-refractivity contribution is -0.117. The number of benzene rings is 1. The number of nitrogens with one attached hydrogen (secondary N) is 1. The number of anilines is 1. The fourth-order valence-corrected chi connectivity index (χ4v) is 4.39. The second kappa shape index (κ2) is 6.49. The van der Waals surface area contributed by atoms with Gasteiger partial charge in [-0.05, 0) is 50.8 Å². The quantitative estimate of drug-likeness (QED) is 0.863. The third-order valence-electron chi connectivity index (χ3n) is 4.14. The third kappa shape index (κ3) is 3.50. The van der Waals surface area contributed by atoms with Crippen molar-refractivity contribution in [2.75, 3.05) is 25.0 Å². The van der Waals surface area contributed by atoms with E-state index >= 15 is 0 Å². The van der Waals surface area contributed by atoms with Crippen LogP contribution in [0, 0.1) is 5.92 Å². The van der Waals surface area contributed by atoms with Gasteiger partial charge in [0.2, 0.25) is 15.9 Å². The molecule has 3 rings (SSSR count). The van der Waals surface area contributed by atoms with Crippen molar-refractivity contribution in [3.63, 3.8) is 0 Å². The van der Waals surface area contributed by atoms with Gasteiger partial charge in [-0.1, -0.05) is 0 Å². The fourth-order valence-electron chi connectivity index (χ4n) is 2.72. The van der Waals surface area contributed by atoms with Crippen molar-refractivity contribution < 1.29 is 17.9 Å². The van der Waals surface area contributed by atoms with Crippen molar-refractivity contribution >= 4 is 21.6 Å². The standard InChI is InChI=1S/C16H22N2O4S/c1-2-22-14-8-7-13(17-16(19)12-5-6-12)11-15(14)23(20,21)18-9-3-4-10-18/h7-8,11-12H,2-6,9-10H2,1H3,(H,17,19). The number of amides is 1. The highest BCUT2D eigenvalue weighted by molar-refractivity contribution is 7.89. The molecule has 1 N–H and O–H groups in total. The van der Waals surface area contributed by atoms with E-state index in [1.807, 2.05) is 6.92 Å². The molecule has 7 heteroatoms. The summed E-state index contributed by atoms with van der Waals surface area (Å²) in [6, 6.07) is 4.82. The molecular weight excluding hydrogens is 316 g/mol. The van der Waals surface area contributed by atoms with Gasteiger partial charge in [0.1, 0.15) is 10.6 Å². The highest BCUT2D eigenvalue weighted by Crippen LogP contribution is 2.33. The first kappa shape index (κ1) is 16.3. The lowest BCUT2D eigenvalue weighted by Gasteiger charge is -2.19. The van der Waals surface area contributed by atoms with Crippen molar-refractivity contribution in [2.45, 2.75) is 37.5 Å². The van der Waals surface area contributed by atoms with Gasteiger partial charge in [-0.2, -0.15) is 4.31 Å². The van der Waals surface area contributed by atoms with Crippen LogP contribution in [-0.4, -0.2) is 38.3 Å². The Balaban J connectivity index is 1.92. The molecule has 6 nitrogen and oxygen atoms in total. The second-order valence-corrected chi connectivity index (χ2v) is 7.88. The summed E-state index contributed by atoms with van der Waals surface area (Å²) in [5.74, 6) is 0.364. The zero-order valence-electron chi connectivity index (χ0n) is 13.2. The van der Waals surface area contributed by atoms with Crippen molar-refractivity contribution in [1.82, 2.24) is 4.31 Å². The number of hydrogen-bond donors (Lipinski definition) is 1. The molecule has 2 fully saturated rings. The van der Waals surface area contributed by atoms with Crippen LogP contribution in [0.3, 0.4) is 0 Å². The number of sulfonamides is 1. The molecule has 0 radical (unpaired) electrons. The summed E-state index contributed by atoms with van der Waals surface area (Å²) in [5, 5.41) is 2.80. The molecule has 23 heavy (non-hydrogen) atoms. The van der Waals surface area contributed by atoms with Gasteiger partial charge in [0.15, 0.2) is 0 Å². The van der Waals surface area contributed by atoms with Gasteiger partial charge < -0.3 is 10.1 Å². The summed E-state index contributed by atoms with van der Waals surface area (Å²) in [5.41, 5.74) is 0.503. The molecular formula is C16H22N2O4S. The van der Waals surface area contributed by atoms with Gasteiger partial charge in [0, 0.05) is 24.7 Å². The van der Waals surface area contributed by atoms with Gasteiger partial charge in [-0.25, -0.2) is 8.42 Å². The van der Waals surface area contributed by atoms with E-state index in [1.54, 1.807) is 12.1 Å². The van der Waals surface area contributed by atoms with Crippen LogP contribution in [0.15, 0.2) is 23.1 Å². The zero-order chi connectivity index (χ0) is 16.4. The summed E-state index contributed by atoms with van der Waals surface area (Å²) in [4.78, 5) is 12.0. The zero-order valence-corrected chi connectivity index (χ0v) is 14.1. The average molecular weight is 338 g/mol. The Morgan fingerprint density at radius 3 is 2.61 bits per heavy atom. The lowest BCUT2D eigenvalue weighted by atomic mass is 10.3. The fraction of sp³-hybridized carbons (Fsp3) is 0.562. The first-order valence-corrected chi connectivity index (χ1v) is 9.54. The largest absolute Gasteiger partial charge is 0.492 e. The number of ether oxygens (including phenoxy) is 1. The Bertz CT molecular complexity index is 692. The molecule has 0 atom stereocenters. The minimum Gasteiger partial charge on any atom is -0.492 e. The highest BCUT2D eigenvalue weighted by atomic mass is 32.2. The Kier molecular flexibility index (Phi) is 4.59. The maximum Gasteiger partial charge on any atom is 0.246 e. The minimum absolute atomic E-state index is 0.0429. The van der Waals surface area contributed by atoms with Gasteiger partial charge in [-0.15, -0.1) is 0 Å². The highest BCUT2D eigenvalue weighted by Gasteiger charge is 2.32. The van der Waals surface area contributed by atoms with Crippen molar-refractivity contribution in [3.05, 3.63) is 18.2 Å². The first-order chi connectivity index (χ1) is 11.0. The molecule has 1 aromatic carbocycles. The summed E-state index contributed by atoms with van der Waals surface area (Å²) in [6.45, 7) is 3.27. The predicted molar refractivity (Wildman–Crippen MR) is 87.0 cm³/mol.